The van der Waals surface area contributed by atoms with Gasteiger partial charge >= 0.3 is 0 Å². The molecule has 0 saturated carbocycles. The molecule has 1 amide bonds. The van der Waals surface area contributed by atoms with Crippen LogP contribution in [-0.2, 0) is 17.2 Å². The van der Waals surface area contributed by atoms with E-state index in [4.69, 9.17) is 16.9 Å². The van der Waals surface area contributed by atoms with E-state index in [1.54, 1.807) is 22.8 Å². The topological polar surface area (TPSA) is 70.7 Å². The molecule has 2 rings (SSSR count). The number of nitrogens with one attached hydrogen (secondary N) is 1. The van der Waals surface area contributed by atoms with Gasteiger partial charge in [-0.25, -0.2) is 4.98 Å². The zero-order valence-electron chi connectivity index (χ0n) is 12.1. The molecule has 0 radical (unpaired) electrons. The maximum Gasteiger partial charge on any atom is 0.240 e. The van der Waals surface area contributed by atoms with Crippen LogP contribution in [0.5, 0.6) is 0 Å². The average molecular weight is 305 g/mol. The lowest BCUT2D eigenvalue weighted by atomic mass is 10.2. The lowest BCUT2D eigenvalue weighted by Crippen LogP contribution is -2.31. The molecule has 0 fully saturated rings. The third-order valence-corrected chi connectivity index (χ3v) is 3.32. The molecule has 0 unspecified atom stereocenters. The van der Waals surface area contributed by atoms with Gasteiger partial charge in [-0.1, -0.05) is 13.8 Å². The van der Waals surface area contributed by atoms with E-state index >= 15 is 0 Å². The fourth-order valence-corrected chi connectivity index (χ4v) is 2.24. The second-order valence-electron chi connectivity index (χ2n) is 5.26. The Morgan fingerprint density at radius 3 is 2.90 bits per heavy atom. The minimum Gasteiger partial charge on any atom is -0.354 e. The summed E-state index contributed by atoms with van der Waals surface area (Å²) in [5, 5.41) is 11.9. The number of rotatable bonds is 5. The number of alkyl halides is 1. The third kappa shape index (κ3) is 3.53. The highest BCUT2D eigenvalue weighted by Crippen LogP contribution is 2.19. The van der Waals surface area contributed by atoms with Crippen molar-refractivity contribution in [1.82, 2.24) is 14.9 Å². The molecular weight excluding hydrogens is 288 g/mol. The molecule has 1 aromatic carbocycles. The maximum atomic E-state index is 12.0. The fraction of sp³-hybridized carbons (Fsp3) is 0.400. The van der Waals surface area contributed by atoms with Crippen LogP contribution in [0.15, 0.2) is 18.2 Å². The summed E-state index contributed by atoms with van der Waals surface area (Å²) in [6.07, 6.45) is 0. The van der Waals surface area contributed by atoms with E-state index in [-0.39, 0.29) is 18.3 Å². The van der Waals surface area contributed by atoms with Gasteiger partial charge in [-0.05, 0) is 24.1 Å². The molecule has 2 aromatic rings. The summed E-state index contributed by atoms with van der Waals surface area (Å²) in [5.74, 6) is 1.15. The van der Waals surface area contributed by atoms with E-state index in [0.29, 0.717) is 23.9 Å². The lowest BCUT2D eigenvalue weighted by molar-refractivity contribution is -0.121. The molecular formula is C15H17ClN4O. The van der Waals surface area contributed by atoms with Crippen LogP contribution in [0.25, 0.3) is 11.0 Å². The van der Waals surface area contributed by atoms with Gasteiger partial charge in [0.05, 0.1) is 28.5 Å². The van der Waals surface area contributed by atoms with Crippen LogP contribution in [0.3, 0.4) is 0 Å². The molecule has 0 aliphatic heterocycles. The summed E-state index contributed by atoms with van der Waals surface area (Å²) in [7, 11) is 0. The minimum absolute atomic E-state index is 0.0864. The normalized spacial score (nSPS) is 10.8. The fourth-order valence-electron chi connectivity index (χ4n) is 2.04. The van der Waals surface area contributed by atoms with Gasteiger partial charge in [0.25, 0.3) is 0 Å². The Labute approximate surface area is 128 Å². The minimum atomic E-state index is -0.0864. The van der Waals surface area contributed by atoms with Crippen LogP contribution >= 0.6 is 11.6 Å². The number of carbonyl (C=O) groups excluding carboxylic acids is 1. The predicted molar refractivity (Wildman–Crippen MR) is 81.9 cm³/mol. The van der Waals surface area contributed by atoms with Crippen molar-refractivity contribution in [3.63, 3.8) is 0 Å². The summed E-state index contributed by atoms with van der Waals surface area (Å²) < 4.78 is 1.76. The summed E-state index contributed by atoms with van der Waals surface area (Å²) in [6, 6.07) is 7.30. The van der Waals surface area contributed by atoms with Crippen molar-refractivity contribution in [1.29, 1.82) is 5.26 Å². The van der Waals surface area contributed by atoms with Gasteiger partial charge in [-0.3, -0.25) is 4.79 Å². The molecule has 1 N–H and O–H groups in total. The predicted octanol–water partition coefficient (Wildman–Crippen LogP) is 2.42. The number of aromatic nitrogens is 2. The zero-order chi connectivity index (χ0) is 15.4. The number of nitrogens with zero attached hydrogens (tertiary/aromatic N) is 3. The molecule has 0 atom stereocenters. The molecule has 0 aliphatic carbocycles. The maximum absolute atomic E-state index is 12.0. The van der Waals surface area contributed by atoms with E-state index in [1.807, 2.05) is 13.8 Å². The summed E-state index contributed by atoms with van der Waals surface area (Å²) in [5.41, 5.74) is 2.03. The number of fused-ring (bicyclic) bond motifs is 1. The van der Waals surface area contributed by atoms with E-state index in [0.717, 1.165) is 11.0 Å². The van der Waals surface area contributed by atoms with Gasteiger partial charge in [-0.15, -0.1) is 11.6 Å². The Bertz CT molecular complexity index is 699. The number of hydrogen-bond donors (Lipinski definition) is 1. The van der Waals surface area contributed by atoms with Crippen molar-refractivity contribution in [3.05, 3.63) is 29.6 Å². The standard InChI is InChI=1S/C15H17ClN4O/c1-10(2)8-18-15(21)9-20-13-5-11(7-17)3-4-12(13)19-14(20)6-16/h3-5,10H,6,8-9H2,1-2H3,(H,18,21). The Kier molecular flexibility index (Phi) is 4.81. The van der Waals surface area contributed by atoms with Crippen molar-refractivity contribution < 1.29 is 4.79 Å². The van der Waals surface area contributed by atoms with E-state index < -0.39 is 0 Å². The number of halogens is 1. The van der Waals surface area contributed by atoms with Crippen LogP contribution in [0.2, 0.25) is 0 Å². The Balaban J connectivity index is 2.32. The summed E-state index contributed by atoms with van der Waals surface area (Å²) in [4.78, 5) is 16.4. The highest BCUT2D eigenvalue weighted by atomic mass is 35.5. The van der Waals surface area contributed by atoms with E-state index in [1.165, 1.54) is 0 Å². The monoisotopic (exact) mass is 304 g/mol. The van der Waals surface area contributed by atoms with Gasteiger partial charge in [0.2, 0.25) is 5.91 Å². The number of hydrogen-bond acceptors (Lipinski definition) is 3. The van der Waals surface area contributed by atoms with Gasteiger partial charge < -0.3 is 9.88 Å². The third-order valence-electron chi connectivity index (χ3n) is 3.09. The molecule has 0 spiro atoms. The van der Waals surface area contributed by atoms with Crippen LogP contribution < -0.4 is 5.32 Å². The van der Waals surface area contributed by atoms with Crippen molar-refractivity contribution in [2.24, 2.45) is 5.92 Å². The van der Waals surface area contributed by atoms with Crippen LogP contribution in [0.4, 0.5) is 0 Å². The molecule has 0 bridgehead atoms. The first kappa shape index (κ1) is 15.3. The van der Waals surface area contributed by atoms with Gasteiger partial charge in [0.1, 0.15) is 12.4 Å². The highest BCUT2D eigenvalue weighted by molar-refractivity contribution is 6.16. The van der Waals surface area contributed by atoms with Gasteiger partial charge in [0.15, 0.2) is 0 Å². The number of imidazole rings is 1. The molecule has 1 aromatic heterocycles. The number of amides is 1. The molecule has 21 heavy (non-hydrogen) atoms. The Morgan fingerprint density at radius 2 is 2.29 bits per heavy atom. The highest BCUT2D eigenvalue weighted by Gasteiger charge is 2.13. The second-order valence-corrected chi connectivity index (χ2v) is 5.53. The molecule has 1 heterocycles. The van der Waals surface area contributed by atoms with Crippen LogP contribution in [0, 0.1) is 17.2 Å². The molecule has 6 heteroatoms. The molecule has 0 aliphatic rings. The second kappa shape index (κ2) is 6.59. The average Bonchev–Trinajstić information content (AvgIpc) is 2.82. The van der Waals surface area contributed by atoms with Crippen molar-refractivity contribution >= 4 is 28.5 Å². The van der Waals surface area contributed by atoms with E-state index in [2.05, 4.69) is 16.4 Å². The zero-order valence-corrected chi connectivity index (χ0v) is 12.8. The van der Waals surface area contributed by atoms with Crippen molar-refractivity contribution in [2.45, 2.75) is 26.3 Å². The van der Waals surface area contributed by atoms with Gasteiger partial charge in [0, 0.05) is 6.54 Å². The number of nitriles is 1. The molecule has 0 saturated heterocycles. The van der Waals surface area contributed by atoms with Crippen LogP contribution in [0.1, 0.15) is 25.2 Å². The quantitative estimate of drug-likeness (QED) is 0.862. The van der Waals surface area contributed by atoms with E-state index in [9.17, 15) is 4.79 Å². The molecule has 5 nitrogen and oxygen atoms in total. The van der Waals surface area contributed by atoms with Crippen molar-refractivity contribution in [2.75, 3.05) is 6.54 Å². The van der Waals surface area contributed by atoms with Crippen molar-refractivity contribution in [3.8, 4) is 6.07 Å². The lowest BCUT2D eigenvalue weighted by Gasteiger charge is -2.10. The summed E-state index contributed by atoms with van der Waals surface area (Å²) in [6.45, 7) is 4.86. The SMILES string of the molecule is CC(C)CNC(=O)Cn1c(CCl)nc2ccc(C#N)cc21. The number of carbonyl (C=O) groups is 1. The van der Waals surface area contributed by atoms with Gasteiger partial charge in [-0.2, -0.15) is 5.26 Å². The first-order valence-corrected chi connectivity index (χ1v) is 7.30. The molecule has 110 valence electrons. The first-order chi connectivity index (χ1) is 10.0. The van der Waals surface area contributed by atoms with Crippen LogP contribution in [-0.4, -0.2) is 22.0 Å². The number of benzene rings is 1. The largest absolute Gasteiger partial charge is 0.354 e. The first-order valence-electron chi connectivity index (χ1n) is 6.77. The summed E-state index contributed by atoms with van der Waals surface area (Å²) >= 11 is 5.91. The Hall–Kier alpha value is -2.06. The Morgan fingerprint density at radius 1 is 1.52 bits per heavy atom. The smallest absolute Gasteiger partial charge is 0.240 e.